The maximum Gasteiger partial charge on any atom is 0.303 e. The van der Waals surface area contributed by atoms with Crippen molar-refractivity contribution in [1.29, 1.82) is 0 Å². The van der Waals surface area contributed by atoms with Crippen LogP contribution in [-0.2, 0) is 17.8 Å². The third kappa shape index (κ3) is 3.62. The molecule has 14 heavy (non-hydrogen) atoms. The molecule has 1 aromatic rings. The van der Waals surface area contributed by atoms with E-state index in [1.54, 1.807) is 0 Å². The number of rotatable bonds is 5. The van der Waals surface area contributed by atoms with Gasteiger partial charge in [-0.1, -0.05) is 0 Å². The predicted molar refractivity (Wildman–Crippen MR) is 52.1 cm³/mol. The van der Waals surface area contributed by atoms with Crippen LogP contribution in [0.2, 0.25) is 0 Å². The minimum Gasteiger partial charge on any atom is -0.481 e. The van der Waals surface area contributed by atoms with E-state index in [9.17, 15) is 4.79 Å². The Morgan fingerprint density at radius 1 is 1.43 bits per heavy atom. The van der Waals surface area contributed by atoms with E-state index in [2.05, 4.69) is 0 Å². The average Bonchev–Trinajstić information content (AvgIpc) is 2.47. The summed E-state index contributed by atoms with van der Waals surface area (Å²) < 4.78 is 5.44. The number of nitrogens with zero attached hydrogens (tertiary/aromatic N) is 1. The Hall–Kier alpha value is -1.29. The monoisotopic (exact) mass is 197 g/mol. The molecule has 0 saturated heterocycles. The minimum atomic E-state index is -0.796. The summed E-state index contributed by atoms with van der Waals surface area (Å²) in [4.78, 5) is 12.3. The van der Waals surface area contributed by atoms with Gasteiger partial charge in [-0.15, -0.1) is 0 Å². The molecule has 0 aliphatic rings. The van der Waals surface area contributed by atoms with Crippen LogP contribution < -0.4 is 0 Å². The first-order chi connectivity index (χ1) is 6.58. The van der Waals surface area contributed by atoms with E-state index in [0.717, 1.165) is 18.1 Å². The molecule has 0 unspecified atom stereocenters. The van der Waals surface area contributed by atoms with Gasteiger partial charge in [0, 0.05) is 6.42 Å². The van der Waals surface area contributed by atoms with E-state index in [1.165, 1.54) is 0 Å². The molecular weight excluding hydrogens is 182 g/mol. The normalized spacial score (nSPS) is 10.8. The first kappa shape index (κ1) is 10.8. The van der Waals surface area contributed by atoms with Crippen molar-refractivity contribution in [2.24, 2.45) is 0 Å². The fourth-order valence-corrected chi connectivity index (χ4v) is 1.18. The largest absolute Gasteiger partial charge is 0.481 e. The van der Waals surface area contributed by atoms with Gasteiger partial charge >= 0.3 is 5.97 Å². The molecule has 1 N–H and O–H groups in total. The molecule has 0 aliphatic carbocycles. The van der Waals surface area contributed by atoms with E-state index in [1.807, 2.05) is 31.1 Å². The zero-order valence-electron chi connectivity index (χ0n) is 8.49. The topological polar surface area (TPSA) is 53.7 Å². The number of hydrogen-bond donors (Lipinski definition) is 1. The van der Waals surface area contributed by atoms with Crippen molar-refractivity contribution in [3.8, 4) is 0 Å². The van der Waals surface area contributed by atoms with Crippen molar-refractivity contribution >= 4 is 5.97 Å². The van der Waals surface area contributed by atoms with E-state index in [4.69, 9.17) is 9.52 Å². The van der Waals surface area contributed by atoms with Crippen LogP contribution in [0, 0.1) is 0 Å². The van der Waals surface area contributed by atoms with Crippen molar-refractivity contribution < 1.29 is 14.3 Å². The van der Waals surface area contributed by atoms with E-state index in [0.29, 0.717) is 6.42 Å². The van der Waals surface area contributed by atoms with E-state index < -0.39 is 5.97 Å². The number of carbonyl (C=O) groups is 1. The van der Waals surface area contributed by atoms with Crippen molar-refractivity contribution in [2.75, 3.05) is 14.1 Å². The third-order valence-corrected chi connectivity index (χ3v) is 1.77. The van der Waals surface area contributed by atoms with Crippen molar-refractivity contribution in [3.63, 3.8) is 0 Å². The van der Waals surface area contributed by atoms with Crippen LogP contribution in [0.5, 0.6) is 0 Å². The second kappa shape index (κ2) is 4.81. The molecule has 0 radical (unpaired) electrons. The number of aliphatic carboxylic acids is 1. The van der Waals surface area contributed by atoms with Gasteiger partial charge in [0.15, 0.2) is 0 Å². The summed E-state index contributed by atoms with van der Waals surface area (Å²) in [6.07, 6.45) is 0.581. The quantitative estimate of drug-likeness (QED) is 0.774. The van der Waals surface area contributed by atoms with Crippen LogP contribution >= 0.6 is 0 Å². The molecule has 1 aromatic heterocycles. The molecule has 1 rings (SSSR count). The number of furan rings is 1. The molecule has 0 bridgehead atoms. The van der Waals surface area contributed by atoms with Crippen LogP contribution in [-0.4, -0.2) is 30.1 Å². The minimum absolute atomic E-state index is 0.120. The fraction of sp³-hybridized carbons (Fsp3) is 0.500. The van der Waals surface area contributed by atoms with Crippen molar-refractivity contribution in [3.05, 3.63) is 23.7 Å². The zero-order valence-corrected chi connectivity index (χ0v) is 8.49. The molecule has 0 amide bonds. The molecule has 0 spiro atoms. The lowest BCUT2D eigenvalue weighted by Crippen LogP contribution is -2.09. The van der Waals surface area contributed by atoms with Crippen LogP contribution in [0.4, 0.5) is 0 Å². The average molecular weight is 197 g/mol. The predicted octanol–water partition coefficient (Wildman–Crippen LogP) is 1.36. The van der Waals surface area contributed by atoms with Crippen LogP contribution in [0.25, 0.3) is 0 Å². The number of aryl methyl sites for hydroxylation is 1. The Morgan fingerprint density at radius 2 is 2.07 bits per heavy atom. The molecule has 0 saturated carbocycles. The summed E-state index contributed by atoms with van der Waals surface area (Å²) in [5.74, 6) is 0.815. The highest BCUT2D eigenvalue weighted by Crippen LogP contribution is 2.11. The Morgan fingerprint density at radius 3 is 2.64 bits per heavy atom. The van der Waals surface area contributed by atoms with Gasteiger partial charge in [0.05, 0.1) is 13.0 Å². The first-order valence-corrected chi connectivity index (χ1v) is 4.52. The Labute approximate surface area is 83.1 Å². The van der Waals surface area contributed by atoms with Gasteiger partial charge in [0.25, 0.3) is 0 Å². The van der Waals surface area contributed by atoms with E-state index in [-0.39, 0.29) is 6.42 Å². The first-order valence-electron chi connectivity index (χ1n) is 4.52. The fourth-order valence-electron chi connectivity index (χ4n) is 1.18. The lowest BCUT2D eigenvalue weighted by molar-refractivity contribution is -0.137. The lowest BCUT2D eigenvalue weighted by Gasteiger charge is -2.05. The molecule has 0 atom stereocenters. The summed E-state index contributed by atoms with van der Waals surface area (Å²) in [5, 5.41) is 8.48. The highest BCUT2D eigenvalue weighted by molar-refractivity contribution is 5.66. The molecule has 4 nitrogen and oxygen atoms in total. The molecule has 0 fully saturated rings. The van der Waals surface area contributed by atoms with Gasteiger partial charge < -0.3 is 14.4 Å². The van der Waals surface area contributed by atoms with Crippen LogP contribution in [0.3, 0.4) is 0 Å². The smallest absolute Gasteiger partial charge is 0.303 e. The zero-order chi connectivity index (χ0) is 10.6. The maximum atomic E-state index is 10.3. The van der Waals surface area contributed by atoms with Gasteiger partial charge in [-0.3, -0.25) is 4.79 Å². The summed E-state index contributed by atoms with van der Waals surface area (Å²) in [6, 6.07) is 3.72. The van der Waals surface area contributed by atoms with Crippen molar-refractivity contribution in [2.45, 2.75) is 19.4 Å². The maximum absolute atomic E-state index is 10.3. The SMILES string of the molecule is CN(C)Cc1ccc(CCC(=O)O)o1. The van der Waals surface area contributed by atoms with Gasteiger partial charge in [-0.2, -0.15) is 0 Å². The summed E-state index contributed by atoms with van der Waals surface area (Å²) >= 11 is 0. The summed E-state index contributed by atoms with van der Waals surface area (Å²) in [7, 11) is 3.92. The van der Waals surface area contributed by atoms with Gasteiger partial charge in [-0.25, -0.2) is 0 Å². The second-order valence-corrected chi connectivity index (χ2v) is 3.50. The Balaban J connectivity index is 2.46. The molecule has 4 heteroatoms. The molecule has 0 aliphatic heterocycles. The molecule has 1 heterocycles. The van der Waals surface area contributed by atoms with E-state index >= 15 is 0 Å². The van der Waals surface area contributed by atoms with Gasteiger partial charge in [-0.05, 0) is 26.2 Å². The molecule has 0 aromatic carbocycles. The number of carboxylic acid groups (broad SMARTS) is 1. The van der Waals surface area contributed by atoms with Gasteiger partial charge in [0.1, 0.15) is 11.5 Å². The highest BCUT2D eigenvalue weighted by Gasteiger charge is 2.05. The number of hydrogen-bond acceptors (Lipinski definition) is 3. The molecular formula is C10H15NO3. The summed E-state index contributed by atoms with van der Waals surface area (Å²) in [5.41, 5.74) is 0. The Bertz CT molecular complexity index is 304. The van der Waals surface area contributed by atoms with Crippen LogP contribution in [0.15, 0.2) is 16.5 Å². The number of carboxylic acids is 1. The Kier molecular flexibility index (Phi) is 3.71. The van der Waals surface area contributed by atoms with Crippen LogP contribution in [0.1, 0.15) is 17.9 Å². The highest BCUT2D eigenvalue weighted by atomic mass is 16.4. The lowest BCUT2D eigenvalue weighted by atomic mass is 10.2. The summed E-state index contributed by atoms with van der Waals surface area (Å²) in [6.45, 7) is 0.743. The molecule has 78 valence electrons. The van der Waals surface area contributed by atoms with Gasteiger partial charge in [0.2, 0.25) is 0 Å². The van der Waals surface area contributed by atoms with Crippen molar-refractivity contribution in [1.82, 2.24) is 4.90 Å². The third-order valence-electron chi connectivity index (χ3n) is 1.77. The standard InChI is InChI=1S/C10H15NO3/c1-11(2)7-9-4-3-8(14-9)5-6-10(12)13/h3-4H,5-7H2,1-2H3,(H,12,13). The second-order valence-electron chi connectivity index (χ2n) is 3.50.